The number of rotatable bonds is 12. The highest BCUT2D eigenvalue weighted by atomic mass is 16.6. The SMILES string of the molecule is NCCCCCCN[C@@H](CC(=O)Nc1ccc([N+](=O)[O-])cc1)C(=O)O. The number of hydrogen-bond acceptors (Lipinski definition) is 6. The molecule has 25 heavy (non-hydrogen) atoms. The molecule has 0 aromatic heterocycles. The van der Waals surface area contributed by atoms with Gasteiger partial charge in [0.05, 0.1) is 11.3 Å². The fraction of sp³-hybridized carbons (Fsp3) is 0.500. The van der Waals surface area contributed by atoms with Gasteiger partial charge in [-0.05, 0) is 38.1 Å². The minimum Gasteiger partial charge on any atom is -0.480 e. The molecule has 1 rings (SSSR count). The monoisotopic (exact) mass is 352 g/mol. The summed E-state index contributed by atoms with van der Waals surface area (Å²) in [7, 11) is 0. The zero-order chi connectivity index (χ0) is 18.7. The van der Waals surface area contributed by atoms with Gasteiger partial charge in [0.1, 0.15) is 6.04 Å². The Morgan fingerprint density at radius 2 is 1.80 bits per heavy atom. The predicted octanol–water partition coefficient (Wildman–Crippen LogP) is 1.49. The van der Waals surface area contributed by atoms with Crippen LogP contribution in [0.15, 0.2) is 24.3 Å². The topological polar surface area (TPSA) is 148 Å². The number of nitrogens with one attached hydrogen (secondary N) is 2. The number of carbonyl (C=O) groups is 2. The molecular weight excluding hydrogens is 328 g/mol. The number of nitrogens with two attached hydrogens (primary N) is 1. The summed E-state index contributed by atoms with van der Waals surface area (Å²) in [5, 5.41) is 25.2. The van der Waals surface area contributed by atoms with Crippen molar-refractivity contribution >= 4 is 23.3 Å². The smallest absolute Gasteiger partial charge is 0.321 e. The van der Waals surface area contributed by atoms with Crippen molar-refractivity contribution in [2.24, 2.45) is 5.73 Å². The van der Waals surface area contributed by atoms with Crippen LogP contribution in [0.2, 0.25) is 0 Å². The van der Waals surface area contributed by atoms with E-state index in [0.29, 0.717) is 18.8 Å². The van der Waals surface area contributed by atoms with E-state index in [2.05, 4.69) is 10.6 Å². The Labute approximate surface area is 145 Å². The summed E-state index contributed by atoms with van der Waals surface area (Å²) in [6, 6.07) is 4.36. The number of aliphatic carboxylic acids is 1. The second-order valence-corrected chi connectivity index (χ2v) is 5.60. The Kier molecular flexibility index (Phi) is 9.12. The second kappa shape index (κ2) is 11.1. The minimum atomic E-state index is -1.10. The molecule has 0 aliphatic heterocycles. The highest BCUT2D eigenvalue weighted by molar-refractivity contribution is 5.94. The van der Waals surface area contributed by atoms with Crippen LogP contribution in [-0.4, -0.2) is 41.0 Å². The van der Waals surface area contributed by atoms with Crippen LogP contribution in [0, 0.1) is 10.1 Å². The van der Waals surface area contributed by atoms with Crippen molar-refractivity contribution in [1.29, 1.82) is 0 Å². The van der Waals surface area contributed by atoms with Gasteiger partial charge in [-0.25, -0.2) is 0 Å². The number of carboxylic acid groups (broad SMARTS) is 1. The second-order valence-electron chi connectivity index (χ2n) is 5.60. The number of benzene rings is 1. The first kappa shape index (κ1) is 20.5. The molecule has 9 nitrogen and oxygen atoms in total. The molecule has 0 bridgehead atoms. The first-order chi connectivity index (χ1) is 11.9. The van der Waals surface area contributed by atoms with E-state index in [1.54, 1.807) is 0 Å². The molecule has 138 valence electrons. The van der Waals surface area contributed by atoms with Crippen molar-refractivity contribution in [3.8, 4) is 0 Å². The molecule has 0 radical (unpaired) electrons. The van der Waals surface area contributed by atoms with Crippen molar-refractivity contribution in [3.63, 3.8) is 0 Å². The lowest BCUT2D eigenvalue weighted by atomic mass is 10.1. The summed E-state index contributed by atoms with van der Waals surface area (Å²) in [5.74, 6) is -1.57. The lowest BCUT2D eigenvalue weighted by Gasteiger charge is -2.14. The van der Waals surface area contributed by atoms with Gasteiger partial charge in [-0.2, -0.15) is 0 Å². The van der Waals surface area contributed by atoms with Crippen LogP contribution >= 0.6 is 0 Å². The van der Waals surface area contributed by atoms with Crippen molar-refractivity contribution in [1.82, 2.24) is 5.32 Å². The zero-order valence-electron chi connectivity index (χ0n) is 13.9. The van der Waals surface area contributed by atoms with Crippen molar-refractivity contribution in [3.05, 3.63) is 34.4 Å². The Hall–Kier alpha value is -2.52. The molecule has 1 aromatic carbocycles. The van der Waals surface area contributed by atoms with Gasteiger partial charge < -0.3 is 21.5 Å². The van der Waals surface area contributed by atoms with Crippen LogP contribution in [0.4, 0.5) is 11.4 Å². The van der Waals surface area contributed by atoms with Crippen LogP contribution in [-0.2, 0) is 9.59 Å². The maximum absolute atomic E-state index is 12.0. The normalized spacial score (nSPS) is 11.7. The first-order valence-corrected chi connectivity index (χ1v) is 8.14. The molecule has 1 atom stereocenters. The third kappa shape index (κ3) is 8.23. The molecule has 9 heteroatoms. The molecule has 1 amide bonds. The predicted molar refractivity (Wildman–Crippen MR) is 93.3 cm³/mol. The molecule has 0 aliphatic rings. The first-order valence-electron chi connectivity index (χ1n) is 8.14. The summed E-state index contributed by atoms with van der Waals surface area (Å²) in [5.41, 5.74) is 5.69. The van der Waals surface area contributed by atoms with E-state index in [0.717, 1.165) is 25.7 Å². The van der Waals surface area contributed by atoms with E-state index in [1.165, 1.54) is 24.3 Å². The molecule has 0 saturated carbocycles. The molecule has 0 spiro atoms. The minimum absolute atomic E-state index is 0.0855. The number of unbranched alkanes of at least 4 members (excludes halogenated alkanes) is 3. The quantitative estimate of drug-likeness (QED) is 0.253. The van der Waals surface area contributed by atoms with E-state index < -0.39 is 22.8 Å². The van der Waals surface area contributed by atoms with Crippen molar-refractivity contribution in [2.45, 2.75) is 38.1 Å². The maximum atomic E-state index is 12.0. The van der Waals surface area contributed by atoms with E-state index >= 15 is 0 Å². The fourth-order valence-corrected chi connectivity index (χ4v) is 2.21. The van der Waals surface area contributed by atoms with Crippen molar-refractivity contribution in [2.75, 3.05) is 18.4 Å². The van der Waals surface area contributed by atoms with Crippen molar-refractivity contribution < 1.29 is 19.6 Å². The van der Waals surface area contributed by atoms with Gasteiger partial charge in [-0.3, -0.25) is 19.7 Å². The molecular formula is C16H24N4O5. The Morgan fingerprint density at radius 3 is 2.36 bits per heavy atom. The summed E-state index contributed by atoms with van der Waals surface area (Å²) in [4.78, 5) is 33.2. The van der Waals surface area contributed by atoms with Gasteiger partial charge >= 0.3 is 5.97 Å². The summed E-state index contributed by atoms with van der Waals surface area (Å²) in [6.45, 7) is 1.15. The Morgan fingerprint density at radius 1 is 1.16 bits per heavy atom. The Balaban J connectivity index is 2.42. The van der Waals surface area contributed by atoms with Gasteiger partial charge in [-0.1, -0.05) is 12.8 Å². The summed E-state index contributed by atoms with van der Waals surface area (Å²) in [6.07, 6.45) is 3.48. The van der Waals surface area contributed by atoms with Gasteiger partial charge in [-0.15, -0.1) is 0 Å². The largest absolute Gasteiger partial charge is 0.480 e. The van der Waals surface area contributed by atoms with Crippen LogP contribution in [0.3, 0.4) is 0 Å². The number of nitro benzene ring substituents is 1. The van der Waals surface area contributed by atoms with E-state index in [-0.39, 0.29) is 12.1 Å². The van der Waals surface area contributed by atoms with E-state index in [4.69, 9.17) is 5.73 Å². The van der Waals surface area contributed by atoms with Gasteiger partial charge in [0.2, 0.25) is 5.91 Å². The number of carboxylic acids is 1. The Bertz CT molecular complexity index is 576. The maximum Gasteiger partial charge on any atom is 0.321 e. The molecule has 5 N–H and O–H groups in total. The number of nitrogens with zero attached hydrogens (tertiary/aromatic N) is 1. The van der Waals surface area contributed by atoms with E-state index in [1.807, 2.05) is 0 Å². The van der Waals surface area contributed by atoms with Gasteiger partial charge in [0, 0.05) is 17.8 Å². The number of non-ortho nitro benzene ring substituents is 1. The van der Waals surface area contributed by atoms with Gasteiger partial charge in [0.25, 0.3) is 5.69 Å². The number of nitro groups is 1. The number of hydrogen-bond donors (Lipinski definition) is 4. The average Bonchev–Trinajstić information content (AvgIpc) is 2.57. The molecule has 0 heterocycles. The number of anilines is 1. The lowest BCUT2D eigenvalue weighted by molar-refractivity contribution is -0.384. The third-order valence-electron chi connectivity index (χ3n) is 3.57. The lowest BCUT2D eigenvalue weighted by Crippen LogP contribution is -2.40. The number of carbonyl (C=O) groups excluding carboxylic acids is 1. The summed E-state index contributed by atoms with van der Waals surface area (Å²) < 4.78 is 0. The zero-order valence-corrected chi connectivity index (χ0v) is 13.9. The van der Waals surface area contributed by atoms with E-state index in [9.17, 15) is 24.8 Å². The van der Waals surface area contributed by atoms with Crippen LogP contribution in [0.25, 0.3) is 0 Å². The number of amides is 1. The highest BCUT2D eigenvalue weighted by Crippen LogP contribution is 2.15. The molecule has 0 unspecified atom stereocenters. The molecule has 1 aromatic rings. The van der Waals surface area contributed by atoms with Crippen LogP contribution < -0.4 is 16.4 Å². The molecule has 0 fully saturated rings. The van der Waals surface area contributed by atoms with Crippen LogP contribution in [0.1, 0.15) is 32.1 Å². The third-order valence-corrected chi connectivity index (χ3v) is 3.57. The average molecular weight is 352 g/mol. The standard InChI is InChI=1S/C16H24N4O5/c17-9-3-1-2-4-10-18-14(16(22)23)11-15(21)19-12-5-7-13(8-6-12)20(24)25/h5-8,14,18H,1-4,9-11,17H2,(H,19,21)(H,22,23)/t14-/m0/s1. The van der Waals surface area contributed by atoms with Gasteiger partial charge in [0.15, 0.2) is 0 Å². The molecule has 0 saturated heterocycles. The molecule has 0 aliphatic carbocycles. The van der Waals surface area contributed by atoms with Crippen LogP contribution in [0.5, 0.6) is 0 Å². The fourth-order valence-electron chi connectivity index (χ4n) is 2.21. The highest BCUT2D eigenvalue weighted by Gasteiger charge is 2.20. The summed E-state index contributed by atoms with van der Waals surface area (Å²) >= 11 is 0.